The summed E-state index contributed by atoms with van der Waals surface area (Å²) in [5.41, 5.74) is -0.00955. The zero-order valence-electron chi connectivity index (χ0n) is 14.2. The monoisotopic (exact) mass is 333 g/mol. The highest BCUT2D eigenvalue weighted by molar-refractivity contribution is 5.85. The number of carboxylic acid groups (broad SMARTS) is 1. The Morgan fingerprint density at radius 2 is 1.58 bits per heavy atom. The van der Waals surface area contributed by atoms with Gasteiger partial charge in [-0.05, 0) is 31.7 Å². The van der Waals surface area contributed by atoms with E-state index < -0.39 is 5.97 Å². The van der Waals surface area contributed by atoms with E-state index in [0.29, 0.717) is 12.1 Å². The van der Waals surface area contributed by atoms with Crippen molar-refractivity contribution in [1.29, 1.82) is 0 Å². The van der Waals surface area contributed by atoms with Gasteiger partial charge in [0.2, 0.25) is 5.91 Å². The molecule has 3 rings (SSSR count). The molecule has 6 nitrogen and oxygen atoms in total. The number of hydrogen-bond acceptors (Lipinski definition) is 3. The molecule has 0 bridgehead atoms. The highest BCUT2D eigenvalue weighted by Crippen LogP contribution is 2.30. The van der Waals surface area contributed by atoms with Crippen LogP contribution in [0.1, 0.15) is 74.7 Å². The summed E-state index contributed by atoms with van der Waals surface area (Å²) in [7, 11) is 0. The van der Waals surface area contributed by atoms with E-state index in [1.807, 2.05) is 0 Å². The molecule has 0 atom stereocenters. The molecule has 2 aliphatic rings. The molecular formula is C18H27N3O3. The second kappa shape index (κ2) is 7.81. The summed E-state index contributed by atoms with van der Waals surface area (Å²) in [6.45, 7) is 0.139. The van der Waals surface area contributed by atoms with Crippen LogP contribution in [0.25, 0.3) is 0 Å². The van der Waals surface area contributed by atoms with Gasteiger partial charge in [0.1, 0.15) is 6.54 Å². The van der Waals surface area contributed by atoms with Gasteiger partial charge in [0.05, 0.1) is 0 Å². The summed E-state index contributed by atoms with van der Waals surface area (Å²) >= 11 is 0. The van der Waals surface area contributed by atoms with Crippen LogP contribution >= 0.6 is 0 Å². The lowest BCUT2D eigenvalue weighted by molar-refractivity contribution is -0.138. The van der Waals surface area contributed by atoms with Gasteiger partial charge in [-0.25, -0.2) is 4.79 Å². The van der Waals surface area contributed by atoms with Crippen LogP contribution in [0.2, 0.25) is 0 Å². The van der Waals surface area contributed by atoms with Crippen molar-refractivity contribution in [2.75, 3.05) is 0 Å². The summed E-state index contributed by atoms with van der Waals surface area (Å²) < 4.78 is 1.46. The fourth-order valence-corrected chi connectivity index (χ4v) is 4.21. The Labute approximate surface area is 142 Å². The molecule has 0 aliphatic heterocycles. The summed E-state index contributed by atoms with van der Waals surface area (Å²) in [6, 6.07) is 2.15. The van der Waals surface area contributed by atoms with Gasteiger partial charge in [0.15, 0.2) is 5.69 Å². The molecule has 0 unspecified atom stereocenters. The van der Waals surface area contributed by atoms with Crippen LogP contribution < -0.4 is 0 Å². The summed E-state index contributed by atoms with van der Waals surface area (Å²) in [5.74, 6) is -0.966. The fourth-order valence-electron chi connectivity index (χ4n) is 4.21. The largest absolute Gasteiger partial charge is 0.476 e. The molecule has 0 spiro atoms. The summed E-state index contributed by atoms with van der Waals surface area (Å²) in [6.07, 6.45) is 13.3. The predicted octanol–water partition coefficient (Wildman–Crippen LogP) is 3.08. The van der Waals surface area contributed by atoms with E-state index in [9.17, 15) is 9.59 Å². The van der Waals surface area contributed by atoms with E-state index in [2.05, 4.69) is 10.00 Å². The van der Waals surface area contributed by atoms with Crippen LogP contribution in [0, 0.1) is 0 Å². The minimum atomic E-state index is -1.06. The van der Waals surface area contributed by atoms with E-state index in [0.717, 1.165) is 25.7 Å². The van der Waals surface area contributed by atoms with Gasteiger partial charge in [-0.1, -0.05) is 38.5 Å². The molecule has 0 aromatic carbocycles. The maximum Gasteiger partial charge on any atom is 0.356 e. The number of carboxylic acids is 1. The molecule has 132 valence electrons. The van der Waals surface area contributed by atoms with Crippen LogP contribution in [0.15, 0.2) is 12.3 Å². The van der Waals surface area contributed by atoms with Crippen molar-refractivity contribution in [1.82, 2.24) is 14.7 Å². The van der Waals surface area contributed by atoms with E-state index in [4.69, 9.17) is 5.11 Å². The summed E-state index contributed by atoms with van der Waals surface area (Å²) in [4.78, 5) is 26.1. The maximum atomic E-state index is 13.0. The number of nitrogens with zero attached hydrogens (tertiary/aromatic N) is 3. The lowest BCUT2D eigenvalue weighted by Crippen LogP contribution is -2.50. The second-order valence-corrected chi connectivity index (χ2v) is 7.09. The molecule has 0 saturated heterocycles. The summed E-state index contributed by atoms with van der Waals surface area (Å²) in [5, 5.41) is 13.0. The van der Waals surface area contributed by atoms with Gasteiger partial charge in [0, 0.05) is 18.3 Å². The molecule has 2 fully saturated rings. The van der Waals surface area contributed by atoms with Gasteiger partial charge in [0.25, 0.3) is 0 Å². The lowest BCUT2D eigenvalue weighted by atomic mass is 9.88. The Balaban J connectivity index is 1.72. The molecular weight excluding hydrogens is 306 g/mol. The molecule has 24 heavy (non-hydrogen) atoms. The van der Waals surface area contributed by atoms with Crippen molar-refractivity contribution in [2.24, 2.45) is 0 Å². The smallest absolute Gasteiger partial charge is 0.356 e. The van der Waals surface area contributed by atoms with Crippen molar-refractivity contribution in [2.45, 2.75) is 82.8 Å². The van der Waals surface area contributed by atoms with Crippen LogP contribution in [0.4, 0.5) is 0 Å². The molecule has 1 N–H and O–H groups in total. The Hall–Kier alpha value is -1.85. The molecule has 2 aliphatic carbocycles. The van der Waals surface area contributed by atoms with Gasteiger partial charge in [-0.2, -0.15) is 5.10 Å². The SMILES string of the molecule is O=C(O)c1ccn(CC(=O)N(C2CCCCC2)C2CCCCC2)n1. The third kappa shape index (κ3) is 3.97. The number of hydrogen-bond donors (Lipinski definition) is 1. The lowest BCUT2D eigenvalue weighted by Gasteiger charge is -2.41. The van der Waals surface area contributed by atoms with E-state index in [1.165, 1.54) is 49.3 Å². The molecule has 1 amide bonds. The highest BCUT2D eigenvalue weighted by atomic mass is 16.4. The third-order valence-corrected chi connectivity index (χ3v) is 5.38. The van der Waals surface area contributed by atoms with Crippen LogP contribution in [0.3, 0.4) is 0 Å². The standard InChI is InChI=1S/C18H27N3O3/c22-17(13-20-12-11-16(19-20)18(23)24)21(14-7-3-1-4-8-14)15-9-5-2-6-10-15/h11-12,14-15H,1-10,13H2,(H,23,24). The van der Waals surface area contributed by atoms with Gasteiger partial charge < -0.3 is 10.0 Å². The topological polar surface area (TPSA) is 75.4 Å². The van der Waals surface area contributed by atoms with Crippen LogP contribution in [-0.2, 0) is 11.3 Å². The minimum absolute atomic E-state index is 0.00955. The van der Waals surface area contributed by atoms with Crippen molar-refractivity contribution in [3.05, 3.63) is 18.0 Å². The second-order valence-electron chi connectivity index (χ2n) is 7.09. The number of carbonyl (C=O) groups is 2. The molecule has 1 aromatic heterocycles. The normalized spacial score (nSPS) is 20.0. The Morgan fingerprint density at radius 3 is 2.04 bits per heavy atom. The first-order valence-corrected chi connectivity index (χ1v) is 9.23. The van der Waals surface area contributed by atoms with E-state index >= 15 is 0 Å². The molecule has 1 aromatic rings. The quantitative estimate of drug-likeness (QED) is 0.898. The fraction of sp³-hybridized carbons (Fsp3) is 0.722. The first-order valence-electron chi connectivity index (χ1n) is 9.23. The number of rotatable bonds is 5. The van der Waals surface area contributed by atoms with Gasteiger partial charge in [-0.15, -0.1) is 0 Å². The van der Waals surface area contributed by atoms with Crippen molar-refractivity contribution < 1.29 is 14.7 Å². The predicted molar refractivity (Wildman–Crippen MR) is 89.8 cm³/mol. The third-order valence-electron chi connectivity index (χ3n) is 5.38. The maximum absolute atomic E-state index is 13.0. The molecule has 1 heterocycles. The van der Waals surface area contributed by atoms with E-state index in [1.54, 1.807) is 6.20 Å². The number of aromatic nitrogens is 2. The number of aromatic carboxylic acids is 1. The Bertz CT molecular complexity index is 554. The molecule has 0 radical (unpaired) electrons. The highest BCUT2D eigenvalue weighted by Gasteiger charge is 2.32. The zero-order valence-corrected chi connectivity index (χ0v) is 14.2. The van der Waals surface area contributed by atoms with Crippen molar-refractivity contribution >= 4 is 11.9 Å². The minimum Gasteiger partial charge on any atom is -0.476 e. The van der Waals surface area contributed by atoms with Crippen LogP contribution in [-0.4, -0.2) is 43.7 Å². The number of carbonyl (C=O) groups excluding carboxylic acids is 1. The van der Waals surface area contributed by atoms with E-state index in [-0.39, 0.29) is 18.1 Å². The average Bonchev–Trinajstić information content (AvgIpc) is 3.06. The van der Waals surface area contributed by atoms with Crippen molar-refractivity contribution in [3.8, 4) is 0 Å². The van der Waals surface area contributed by atoms with Crippen molar-refractivity contribution in [3.63, 3.8) is 0 Å². The van der Waals surface area contributed by atoms with Gasteiger partial charge >= 0.3 is 5.97 Å². The average molecular weight is 333 g/mol. The Morgan fingerprint density at radius 1 is 1.04 bits per heavy atom. The molecule has 6 heteroatoms. The van der Waals surface area contributed by atoms with Gasteiger partial charge in [-0.3, -0.25) is 9.48 Å². The Kier molecular flexibility index (Phi) is 5.53. The first-order chi connectivity index (χ1) is 11.6. The zero-order chi connectivity index (χ0) is 16.9. The first kappa shape index (κ1) is 17.0. The number of amides is 1. The molecule has 2 saturated carbocycles. The van der Waals surface area contributed by atoms with Crippen LogP contribution in [0.5, 0.6) is 0 Å².